The summed E-state index contributed by atoms with van der Waals surface area (Å²) in [6, 6.07) is 6.24. The van der Waals surface area contributed by atoms with E-state index >= 15 is 0 Å². The Morgan fingerprint density at radius 3 is 2.00 bits per heavy atom. The van der Waals surface area contributed by atoms with Crippen molar-refractivity contribution < 1.29 is 37.4 Å². The molecule has 31 heavy (non-hydrogen) atoms. The van der Waals surface area contributed by atoms with E-state index in [1.807, 2.05) is 5.32 Å². The highest BCUT2D eigenvalue weighted by Crippen LogP contribution is 2.27. The van der Waals surface area contributed by atoms with Crippen LogP contribution in [0.5, 0.6) is 0 Å². The fourth-order valence-electron chi connectivity index (χ4n) is 2.78. The first-order valence-electron chi connectivity index (χ1n) is 9.88. The minimum atomic E-state index is -4.94. The molecule has 0 heterocycles. The number of carbonyl (C=O) groups excluding carboxylic acids is 2. The average Bonchev–Trinajstić information content (AvgIpc) is 2.66. The van der Waals surface area contributed by atoms with Gasteiger partial charge in [0.15, 0.2) is 0 Å². The molecular weight excluding hydrogens is 417 g/mol. The van der Waals surface area contributed by atoms with Crippen molar-refractivity contribution in [2.75, 3.05) is 6.54 Å². The van der Waals surface area contributed by atoms with Crippen LogP contribution in [-0.2, 0) is 25.7 Å². The number of aliphatic carboxylic acids is 1. The summed E-state index contributed by atoms with van der Waals surface area (Å²) in [4.78, 5) is 35.8. The van der Waals surface area contributed by atoms with Crippen LogP contribution in [-0.4, -0.2) is 47.8 Å². The Morgan fingerprint density at radius 1 is 1.00 bits per heavy atom. The number of carbonyl (C=O) groups is 3. The van der Waals surface area contributed by atoms with E-state index in [0.29, 0.717) is 0 Å². The molecule has 0 unspecified atom stereocenters. The minimum absolute atomic E-state index is 0.0392. The Hall–Kier alpha value is -2.62. The second kappa shape index (κ2) is 11.7. The van der Waals surface area contributed by atoms with E-state index in [1.54, 1.807) is 44.2 Å². The van der Waals surface area contributed by atoms with Gasteiger partial charge in [-0.3, -0.25) is 9.59 Å². The summed E-state index contributed by atoms with van der Waals surface area (Å²) >= 11 is 0. The quantitative estimate of drug-likeness (QED) is 0.452. The lowest BCUT2D eigenvalue weighted by atomic mass is 10.0. The zero-order valence-electron chi connectivity index (χ0n) is 17.9. The third-order valence-electron chi connectivity index (χ3n) is 4.63. The van der Waals surface area contributed by atoms with E-state index in [4.69, 9.17) is 9.84 Å². The lowest BCUT2D eigenvalue weighted by Crippen LogP contribution is -2.54. The number of hydrogen-bond acceptors (Lipinski definition) is 5. The van der Waals surface area contributed by atoms with Gasteiger partial charge in [0.25, 0.3) is 0 Å². The van der Waals surface area contributed by atoms with E-state index in [9.17, 15) is 27.6 Å². The second-order valence-corrected chi connectivity index (χ2v) is 7.89. The molecule has 0 aliphatic heterocycles. The van der Waals surface area contributed by atoms with Crippen LogP contribution in [0.15, 0.2) is 30.3 Å². The number of amides is 1. The van der Waals surface area contributed by atoms with Crippen molar-refractivity contribution in [3.05, 3.63) is 35.9 Å². The number of esters is 1. The summed E-state index contributed by atoms with van der Waals surface area (Å²) in [5, 5.41) is 13.5. The van der Waals surface area contributed by atoms with Gasteiger partial charge in [-0.05, 0) is 17.4 Å². The van der Waals surface area contributed by atoms with Crippen molar-refractivity contribution in [3.8, 4) is 0 Å². The van der Waals surface area contributed by atoms with Gasteiger partial charge in [0.1, 0.15) is 24.6 Å². The summed E-state index contributed by atoms with van der Waals surface area (Å²) in [7, 11) is 0. The Bertz CT molecular complexity index is 738. The van der Waals surface area contributed by atoms with E-state index in [-0.39, 0.29) is 6.61 Å². The predicted octanol–water partition coefficient (Wildman–Crippen LogP) is 2.75. The average molecular weight is 446 g/mol. The van der Waals surface area contributed by atoms with Crippen LogP contribution in [0.4, 0.5) is 13.2 Å². The molecule has 0 aliphatic carbocycles. The van der Waals surface area contributed by atoms with Gasteiger partial charge in [-0.25, -0.2) is 4.79 Å². The highest BCUT2D eigenvalue weighted by atomic mass is 19.4. The van der Waals surface area contributed by atoms with E-state index in [2.05, 4.69) is 5.32 Å². The number of benzene rings is 1. The number of halogens is 3. The van der Waals surface area contributed by atoms with Gasteiger partial charge in [-0.2, -0.15) is 13.2 Å². The maximum Gasteiger partial charge on any atom is 0.401 e. The van der Waals surface area contributed by atoms with Crippen LogP contribution in [0.1, 0.15) is 33.3 Å². The molecule has 1 aromatic carbocycles. The topological polar surface area (TPSA) is 105 Å². The SMILES string of the molecule is CC(C)[C@H](NC(=O)[C@@H](CN[C@H](C(=O)OCc1ccccc1)C(C)C)C(F)(F)F)C(=O)O. The zero-order valence-corrected chi connectivity index (χ0v) is 17.9. The molecule has 1 rings (SSSR count). The van der Waals surface area contributed by atoms with E-state index in [1.165, 1.54) is 13.8 Å². The monoisotopic (exact) mass is 446 g/mol. The Labute approximate surface area is 179 Å². The van der Waals surface area contributed by atoms with Gasteiger partial charge in [0, 0.05) is 6.54 Å². The van der Waals surface area contributed by atoms with Crippen molar-refractivity contribution in [2.24, 2.45) is 17.8 Å². The van der Waals surface area contributed by atoms with Gasteiger partial charge < -0.3 is 20.5 Å². The maximum atomic E-state index is 13.5. The number of nitrogens with one attached hydrogen (secondary N) is 2. The number of ether oxygens (including phenoxy) is 1. The van der Waals surface area contributed by atoms with Crippen LogP contribution in [0, 0.1) is 17.8 Å². The fraction of sp³-hybridized carbons (Fsp3) is 0.571. The van der Waals surface area contributed by atoms with Crippen LogP contribution in [0.3, 0.4) is 0 Å². The number of carboxylic acids is 1. The molecule has 0 fully saturated rings. The normalized spacial score (nSPS) is 14.7. The summed E-state index contributed by atoms with van der Waals surface area (Å²) in [6.45, 7) is 5.26. The van der Waals surface area contributed by atoms with E-state index < -0.39 is 60.4 Å². The summed E-state index contributed by atoms with van der Waals surface area (Å²) in [5.41, 5.74) is 0.722. The molecule has 7 nitrogen and oxygen atoms in total. The molecule has 0 aromatic heterocycles. The number of rotatable bonds is 11. The molecule has 3 N–H and O–H groups in total. The highest BCUT2D eigenvalue weighted by Gasteiger charge is 2.46. The Balaban J connectivity index is 2.84. The van der Waals surface area contributed by atoms with Gasteiger partial charge >= 0.3 is 18.1 Å². The highest BCUT2D eigenvalue weighted by molar-refractivity contribution is 5.86. The van der Waals surface area contributed by atoms with Crippen LogP contribution in [0.25, 0.3) is 0 Å². The molecule has 1 aromatic rings. The molecule has 10 heteroatoms. The summed E-state index contributed by atoms with van der Waals surface area (Å²) in [5.74, 6) is -7.20. The van der Waals surface area contributed by atoms with Crippen molar-refractivity contribution >= 4 is 17.8 Å². The number of alkyl halides is 3. The largest absolute Gasteiger partial charge is 0.480 e. The van der Waals surface area contributed by atoms with Crippen LogP contribution in [0.2, 0.25) is 0 Å². The van der Waals surface area contributed by atoms with E-state index in [0.717, 1.165) is 5.56 Å². The molecule has 174 valence electrons. The molecular formula is C21H29F3N2O5. The first-order valence-corrected chi connectivity index (χ1v) is 9.88. The molecule has 0 aliphatic rings. The predicted molar refractivity (Wildman–Crippen MR) is 107 cm³/mol. The minimum Gasteiger partial charge on any atom is -0.480 e. The van der Waals surface area contributed by atoms with Gasteiger partial charge in [0.05, 0.1) is 0 Å². The first kappa shape index (κ1) is 26.4. The van der Waals surface area contributed by atoms with Crippen LogP contribution >= 0.6 is 0 Å². The summed E-state index contributed by atoms with van der Waals surface area (Å²) < 4.78 is 45.6. The molecule has 0 spiro atoms. The van der Waals surface area contributed by atoms with Gasteiger partial charge in [-0.15, -0.1) is 0 Å². The molecule has 0 bridgehead atoms. The van der Waals surface area contributed by atoms with Crippen molar-refractivity contribution in [3.63, 3.8) is 0 Å². The maximum absolute atomic E-state index is 13.5. The number of carboxylic acid groups (broad SMARTS) is 1. The van der Waals surface area contributed by atoms with Crippen molar-refractivity contribution in [1.82, 2.24) is 10.6 Å². The summed E-state index contributed by atoms with van der Waals surface area (Å²) in [6.07, 6.45) is -4.94. The van der Waals surface area contributed by atoms with Crippen molar-refractivity contribution in [2.45, 2.75) is 52.6 Å². The smallest absolute Gasteiger partial charge is 0.401 e. The van der Waals surface area contributed by atoms with Crippen molar-refractivity contribution in [1.29, 1.82) is 0 Å². The molecule has 0 saturated carbocycles. The number of hydrogen-bond donors (Lipinski definition) is 3. The lowest BCUT2D eigenvalue weighted by molar-refractivity contribution is -0.184. The van der Waals surface area contributed by atoms with Crippen LogP contribution < -0.4 is 10.6 Å². The Morgan fingerprint density at radius 2 is 1.55 bits per heavy atom. The fourth-order valence-corrected chi connectivity index (χ4v) is 2.78. The van der Waals surface area contributed by atoms with Gasteiger partial charge in [0.2, 0.25) is 5.91 Å². The molecule has 3 atom stereocenters. The van der Waals surface area contributed by atoms with Gasteiger partial charge in [-0.1, -0.05) is 58.0 Å². The third-order valence-corrected chi connectivity index (χ3v) is 4.63. The Kier molecular flexibility index (Phi) is 9.96. The first-order chi connectivity index (χ1) is 14.3. The third kappa shape index (κ3) is 8.56. The standard InChI is InChI=1S/C21H29F3N2O5/c1-12(2)16(19(28)29)26-18(27)15(21(22,23)24)10-25-17(13(3)4)20(30)31-11-14-8-6-5-7-9-14/h5-9,12-13,15-17,25H,10-11H2,1-4H3,(H,26,27)(H,28,29)/t15-,16+,17+/m1/s1. The molecule has 0 saturated heterocycles. The molecule has 1 amide bonds. The zero-order chi connectivity index (χ0) is 23.8. The molecule has 0 radical (unpaired) electrons. The lowest BCUT2D eigenvalue weighted by Gasteiger charge is -2.27. The second-order valence-electron chi connectivity index (χ2n) is 7.89.